The van der Waals surface area contributed by atoms with E-state index in [1.807, 2.05) is 0 Å². The van der Waals surface area contributed by atoms with E-state index in [1.54, 1.807) is 0 Å². The van der Waals surface area contributed by atoms with Crippen LogP contribution in [0.3, 0.4) is 0 Å². The van der Waals surface area contributed by atoms with E-state index in [-0.39, 0.29) is 0 Å². The van der Waals surface area contributed by atoms with Crippen molar-refractivity contribution < 1.29 is 51.3 Å². The molecule has 33 heavy (non-hydrogen) atoms. The number of nitrogens with one attached hydrogen (secondary N) is 1. The van der Waals surface area contributed by atoms with Crippen LogP contribution in [0.4, 0.5) is 22.0 Å². The highest BCUT2D eigenvalue weighted by Crippen LogP contribution is 2.59. The number of rotatable bonds is 7. The first-order valence-electron chi connectivity index (χ1n) is 9.97. The first-order chi connectivity index (χ1) is 15.2. The fourth-order valence-corrected chi connectivity index (χ4v) is 4.93. The Morgan fingerprint density at radius 3 is 2.18 bits per heavy atom. The molecule has 12 heteroatoms. The van der Waals surface area contributed by atoms with Gasteiger partial charge in [0.1, 0.15) is 19.1 Å². The standard InChI is InChI=1S/C21H24F5NO6/c1-4-20(18(31)32)14(9-33-10(2)28)27-13(8-22)19(3,17(29)30)16(20)11-6-5-7-12(23)15(11)21(24,25)26/h5-7,13-14,16,27H,4,8-9H2,1-3H3,(H,29,30)(H,31,32). The molecule has 2 rings (SSSR count). The number of hydrogen-bond donors (Lipinski definition) is 3. The van der Waals surface area contributed by atoms with Crippen molar-refractivity contribution in [1.82, 2.24) is 5.32 Å². The predicted molar refractivity (Wildman–Crippen MR) is 104 cm³/mol. The molecule has 0 bridgehead atoms. The summed E-state index contributed by atoms with van der Waals surface area (Å²) < 4.78 is 75.2. The summed E-state index contributed by atoms with van der Waals surface area (Å²) in [5.74, 6) is -8.10. The zero-order valence-electron chi connectivity index (χ0n) is 18.0. The Labute approximate surface area is 185 Å². The van der Waals surface area contributed by atoms with Crippen LogP contribution in [0.1, 0.15) is 44.2 Å². The van der Waals surface area contributed by atoms with Gasteiger partial charge in [-0.25, -0.2) is 8.78 Å². The van der Waals surface area contributed by atoms with Crippen molar-refractivity contribution in [3.8, 4) is 0 Å². The fourth-order valence-electron chi connectivity index (χ4n) is 4.93. The van der Waals surface area contributed by atoms with E-state index in [2.05, 4.69) is 5.32 Å². The molecule has 5 unspecified atom stereocenters. The lowest BCUT2D eigenvalue weighted by Gasteiger charge is -2.56. The molecule has 1 aliphatic rings. The number of carboxylic acid groups (broad SMARTS) is 2. The normalized spacial score (nSPS) is 30.0. The lowest BCUT2D eigenvalue weighted by atomic mass is 9.50. The van der Waals surface area contributed by atoms with Gasteiger partial charge >= 0.3 is 24.1 Å². The van der Waals surface area contributed by atoms with Crippen LogP contribution < -0.4 is 5.32 Å². The lowest BCUT2D eigenvalue weighted by molar-refractivity contribution is -0.178. The Hall–Kier alpha value is -2.76. The van der Waals surface area contributed by atoms with Crippen molar-refractivity contribution in [3.63, 3.8) is 0 Å². The topological polar surface area (TPSA) is 113 Å². The molecule has 3 N–H and O–H groups in total. The summed E-state index contributed by atoms with van der Waals surface area (Å²) in [5.41, 5.74) is -7.55. The Bertz CT molecular complexity index is 938. The second-order valence-electron chi connectivity index (χ2n) is 8.15. The summed E-state index contributed by atoms with van der Waals surface area (Å²) in [7, 11) is 0. The van der Waals surface area contributed by atoms with Crippen molar-refractivity contribution in [2.75, 3.05) is 13.3 Å². The maximum atomic E-state index is 14.5. The lowest BCUT2D eigenvalue weighted by Crippen LogP contribution is -2.72. The summed E-state index contributed by atoms with van der Waals surface area (Å²) in [6.07, 6.45) is -5.75. The van der Waals surface area contributed by atoms with E-state index >= 15 is 0 Å². The van der Waals surface area contributed by atoms with Crippen molar-refractivity contribution >= 4 is 17.9 Å². The molecule has 1 aliphatic heterocycles. The summed E-state index contributed by atoms with van der Waals surface area (Å²) in [5, 5.41) is 22.8. The van der Waals surface area contributed by atoms with Crippen molar-refractivity contribution in [2.24, 2.45) is 10.8 Å². The van der Waals surface area contributed by atoms with Gasteiger partial charge < -0.3 is 20.3 Å². The van der Waals surface area contributed by atoms with Crippen LogP contribution in [0.2, 0.25) is 0 Å². The van der Waals surface area contributed by atoms with Gasteiger partial charge in [-0.05, 0) is 25.0 Å². The molecular weight excluding hydrogens is 457 g/mol. The molecule has 7 nitrogen and oxygen atoms in total. The third-order valence-electron chi connectivity index (χ3n) is 6.55. The molecule has 1 fully saturated rings. The van der Waals surface area contributed by atoms with Crippen LogP contribution in [-0.2, 0) is 25.3 Å². The largest absolute Gasteiger partial charge is 0.481 e. The van der Waals surface area contributed by atoms with Crippen LogP contribution in [0.5, 0.6) is 0 Å². The maximum absolute atomic E-state index is 14.5. The fraction of sp³-hybridized carbons (Fsp3) is 0.571. The number of carbonyl (C=O) groups excluding carboxylic acids is 1. The molecule has 0 aromatic heterocycles. The smallest absolute Gasteiger partial charge is 0.419 e. The molecule has 0 radical (unpaired) electrons. The van der Waals surface area contributed by atoms with Gasteiger partial charge in [-0.15, -0.1) is 0 Å². The van der Waals surface area contributed by atoms with E-state index in [9.17, 15) is 46.5 Å². The molecule has 1 aromatic rings. The number of esters is 1. The monoisotopic (exact) mass is 481 g/mol. The second kappa shape index (κ2) is 9.24. The minimum atomic E-state index is -5.31. The van der Waals surface area contributed by atoms with Crippen molar-refractivity contribution in [1.29, 1.82) is 0 Å². The zero-order valence-corrected chi connectivity index (χ0v) is 18.0. The minimum Gasteiger partial charge on any atom is -0.481 e. The number of halogens is 5. The number of alkyl halides is 4. The third kappa shape index (κ3) is 4.28. The number of carbonyl (C=O) groups is 3. The van der Waals surface area contributed by atoms with Gasteiger partial charge in [-0.3, -0.25) is 14.4 Å². The number of ether oxygens (including phenoxy) is 1. The molecule has 184 valence electrons. The summed E-state index contributed by atoms with van der Waals surface area (Å²) >= 11 is 0. The Morgan fingerprint density at radius 1 is 1.15 bits per heavy atom. The van der Waals surface area contributed by atoms with Gasteiger partial charge in [-0.1, -0.05) is 19.1 Å². The highest BCUT2D eigenvalue weighted by molar-refractivity contribution is 5.84. The molecular formula is C21H24F5NO6. The SMILES string of the molecule is CCC1(C(=O)O)C(COC(C)=O)NC(CF)C(C)(C(=O)O)C1c1cccc(F)c1C(F)(F)F. The molecule has 5 atom stereocenters. The number of piperidine rings is 1. The van der Waals surface area contributed by atoms with Gasteiger partial charge in [0.25, 0.3) is 0 Å². The maximum Gasteiger partial charge on any atom is 0.419 e. The van der Waals surface area contributed by atoms with Gasteiger partial charge in [0.15, 0.2) is 0 Å². The Balaban J connectivity index is 3.01. The molecule has 0 aliphatic carbocycles. The first-order valence-corrected chi connectivity index (χ1v) is 9.97. The summed E-state index contributed by atoms with van der Waals surface area (Å²) in [4.78, 5) is 36.4. The minimum absolute atomic E-state index is 0.443. The van der Waals surface area contributed by atoms with Crippen LogP contribution in [0.25, 0.3) is 0 Å². The summed E-state index contributed by atoms with van der Waals surface area (Å²) in [6.45, 7) is 1.16. The van der Waals surface area contributed by atoms with Gasteiger partial charge in [0, 0.05) is 12.8 Å². The van der Waals surface area contributed by atoms with Gasteiger partial charge in [-0.2, -0.15) is 13.2 Å². The second-order valence-corrected chi connectivity index (χ2v) is 8.15. The van der Waals surface area contributed by atoms with Crippen LogP contribution in [-0.4, -0.2) is 53.5 Å². The highest BCUT2D eigenvalue weighted by atomic mass is 19.4. The molecule has 0 saturated carbocycles. The third-order valence-corrected chi connectivity index (χ3v) is 6.55. The number of benzene rings is 1. The number of aliphatic carboxylic acids is 2. The highest BCUT2D eigenvalue weighted by Gasteiger charge is 2.67. The van der Waals surface area contributed by atoms with Crippen LogP contribution >= 0.6 is 0 Å². The molecule has 1 aromatic carbocycles. The van der Waals surface area contributed by atoms with Crippen LogP contribution in [0.15, 0.2) is 18.2 Å². The Kier molecular flexibility index (Phi) is 7.42. The molecule has 0 amide bonds. The zero-order chi connectivity index (χ0) is 25.4. The predicted octanol–water partition coefficient (Wildman–Crippen LogP) is 3.37. The van der Waals surface area contributed by atoms with Gasteiger partial charge in [0.2, 0.25) is 0 Å². The van der Waals surface area contributed by atoms with E-state index in [0.717, 1.165) is 26.0 Å². The van der Waals surface area contributed by atoms with E-state index in [1.165, 1.54) is 6.92 Å². The first kappa shape index (κ1) is 26.5. The molecule has 0 spiro atoms. The number of hydrogen-bond acceptors (Lipinski definition) is 5. The van der Waals surface area contributed by atoms with E-state index < -0.39 is 89.6 Å². The quantitative estimate of drug-likeness (QED) is 0.404. The van der Waals surface area contributed by atoms with E-state index in [0.29, 0.717) is 6.07 Å². The molecule has 1 saturated heterocycles. The average Bonchev–Trinajstić information content (AvgIpc) is 2.70. The van der Waals surface area contributed by atoms with Crippen molar-refractivity contribution in [3.05, 3.63) is 35.1 Å². The van der Waals surface area contributed by atoms with Gasteiger partial charge in [0.05, 0.1) is 28.5 Å². The molecule has 1 heterocycles. The Morgan fingerprint density at radius 2 is 1.76 bits per heavy atom. The van der Waals surface area contributed by atoms with Crippen molar-refractivity contribution in [2.45, 2.75) is 51.4 Å². The van der Waals surface area contributed by atoms with E-state index in [4.69, 9.17) is 4.74 Å². The summed E-state index contributed by atoms with van der Waals surface area (Å²) in [6, 6.07) is -0.939. The van der Waals surface area contributed by atoms with Crippen LogP contribution in [0, 0.1) is 16.6 Å². The number of carboxylic acids is 2. The average molecular weight is 481 g/mol.